The van der Waals surface area contributed by atoms with Gasteiger partial charge in [0.2, 0.25) is 0 Å². The Morgan fingerprint density at radius 2 is 0.955 bits per heavy atom. The van der Waals surface area contributed by atoms with E-state index >= 15 is 0 Å². The molecule has 6 rings (SSSR count). The van der Waals surface area contributed by atoms with E-state index in [1.165, 1.54) is 5.39 Å². The van der Waals surface area contributed by atoms with E-state index in [0.717, 1.165) is 37.7 Å². The highest BCUT2D eigenvalue weighted by atomic mass is 16.3. The zero-order valence-electron chi connectivity index (χ0n) is 11.4. The Morgan fingerprint density at radius 3 is 1.55 bits per heavy atom. The van der Waals surface area contributed by atoms with Crippen LogP contribution in [0, 0.1) is 0 Å². The van der Waals surface area contributed by atoms with Crippen molar-refractivity contribution in [2.45, 2.75) is 0 Å². The van der Waals surface area contributed by atoms with E-state index in [2.05, 4.69) is 24.3 Å². The zero-order chi connectivity index (χ0) is 14.6. The van der Waals surface area contributed by atoms with Crippen LogP contribution in [0.3, 0.4) is 0 Å². The molecular weight excluding hydrogens is 272 g/mol. The van der Waals surface area contributed by atoms with Crippen LogP contribution in [0.5, 0.6) is 11.5 Å². The summed E-state index contributed by atoms with van der Waals surface area (Å²) in [6, 6.07) is 15.9. The molecule has 0 saturated heterocycles. The second-order valence-electron chi connectivity index (χ2n) is 6.06. The van der Waals surface area contributed by atoms with E-state index in [1.807, 2.05) is 12.1 Å². The first-order chi connectivity index (χ1) is 10.8. The fraction of sp³-hybridized carbons (Fsp3) is 0. The highest BCUT2D eigenvalue weighted by Crippen LogP contribution is 2.52. The lowest BCUT2D eigenvalue weighted by Gasteiger charge is -2.14. The van der Waals surface area contributed by atoms with Gasteiger partial charge in [0.1, 0.15) is 0 Å². The second kappa shape index (κ2) is 3.09. The monoisotopic (exact) mass is 280 g/mol. The Kier molecular flexibility index (Phi) is 1.50. The van der Waals surface area contributed by atoms with Crippen LogP contribution >= 0.6 is 0 Å². The average Bonchev–Trinajstić information content (AvgIpc) is 2.92. The second-order valence-corrected chi connectivity index (χ2v) is 6.06. The molecule has 6 aromatic rings. The fourth-order valence-corrected chi connectivity index (χ4v) is 4.19. The zero-order valence-corrected chi connectivity index (χ0v) is 11.4. The summed E-state index contributed by atoms with van der Waals surface area (Å²) in [6.45, 7) is 0. The minimum Gasteiger partial charge on any atom is -0.869 e. The third kappa shape index (κ3) is 0.914. The molecule has 0 unspecified atom stereocenters. The van der Waals surface area contributed by atoms with Crippen LogP contribution in [0.2, 0.25) is 0 Å². The van der Waals surface area contributed by atoms with Crippen molar-refractivity contribution in [3.05, 3.63) is 48.5 Å². The summed E-state index contributed by atoms with van der Waals surface area (Å²) in [4.78, 5) is 0. The fourth-order valence-electron chi connectivity index (χ4n) is 4.19. The molecule has 22 heavy (non-hydrogen) atoms. The molecule has 6 aromatic carbocycles. The smallest absolute Gasteiger partial charge is 0.179 e. The maximum Gasteiger partial charge on any atom is 0.179 e. The third-order valence-electron chi connectivity index (χ3n) is 5.09. The van der Waals surface area contributed by atoms with Crippen molar-refractivity contribution in [2.75, 3.05) is 0 Å². The molecule has 0 aliphatic heterocycles. The topological polar surface area (TPSA) is 43.0 Å². The lowest BCUT2D eigenvalue weighted by Crippen LogP contribution is -1.92. The maximum absolute atomic E-state index is 12.5. The van der Waals surface area contributed by atoms with Crippen LogP contribution in [-0.2, 0) is 5.11 Å². The minimum absolute atomic E-state index is 0.381. The summed E-state index contributed by atoms with van der Waals surface area (Å²) in [5.74, 6) is -0.762. The summed E-state index contributed by atoms with van der Waals surface area (Å²) in [6.07, 6.45) is 0. The van der Waals surface area contributed by atoms with Crippen LogP contribution in [0.1, 0.15) is 0 Å². The molecule has 0 bridgehead atoms. The molecule has 0 saturated carbocycles. The number of hydrogen-bond acceptors (Lipinski definition) is 1. The van der Waals surface area contributed by atoms with Crippen molar-refractivity contribution in [3.63, 3.8) is 0 Å². The first-order valence-electron chi connectivity index (χ1n) is 7.30. The van der Waals surface area contributed by atoms with Crippen molar-refractivity contribution in [3.8, 4) is 11.5 Å². The Bertz CT molecular complexity index is 1230. The van der Waals surface area contributed by atoms with Crippen molar-refractivity contribution in [1.82, 2.24) is 0 Å². The molecule has 0 aliphatic carbocycles. The van der Waals surface area contributed by atoms with Gasteiger partial charge in [-0.25, -0.2) is 0 Å². The summed E-state index contributed by atoms with van der Waals surface area (Å²) in [7, 11) is 0. The van der Waals surface area contributed by atoms with Gasteiger partial charge < -0.3 is 5.11 Å². The molecule has 1 radical (unpaired) electrons. The molecular formula is C20H8O2-. The van der Waals surface area contributed by atoms with Gasteiger partial charge in [-0.05, 0) is 49.2 Å². The van der Waals surface area contributed by atoms with Gasteiger partial charge >= 0.3 is 0 Å². The molecule has 0 aliphatic rings. The number of hydrogen-bond donors (Lipinski definition) is 0. The predicted octanol–water partition coefficient (Wildman–Crippen LogP) is 4.98. The summed E-state index contributed by atoms with van der Waals surface area (Å²) in [5.41, 5.74) is 0. The molecule has 0 heterocycles. The van der Waals surface area contributed by atoms with Gasteiger partial charge in [-0.3, -0.25) is 5.11 Å². The molecule has 0 amide bonds. The van der Waals surface area contributed by atoms with Gasteiger partial charge in [0.05, 0.1) is 0 Å². The highest BCUT2D eigenvalue weighted by molar-refractivity contribution is 6.45. The molecule has 0 fully saturated rings. The highest BCUT2D eigenvalue weighted by Gasteiger charge is 2.22. The number of rotatable bonds is 0. The van der Waals surface area contributed by atoms with E-state index in [9.17, 15) is 10.2 Å². The molecule has 2 heteroatoms. The summed E-state index contributed by atoms with van der Waals surface area (Å²) in [5, 5.41) is 34.8. The van der Waals surface area contributed by atoms with E-state index in [1.54, 1.807) is 12.1 Å². The van der Waals surface area contributed by atoms with E-state index in [4.69, 9.17) is 0 Å². The third-order valence-corrected chi connectivity index (χ3v) is 5.09. The number of benzene rings is 5. The largest absolute Gasteiger partial charge is 0.869 e. The van der Waals surface area contributed by atoms with Crippen molar-refractivity contribution < 1.29 is 10.2 Å². The normalized spacial score (nSPS) is 12.9. The Balaban J connectivity index is 2.24. The van der Waals surface area contributed by atoms with Gasteiger partial charge in [0, 0.05) is 10.8 Å². The predicted molar refractivity (Wildman–Crippen MR) is 87.1 cm³/mol. The van der Waals surface area contributed by atoms with E-state index in [-0.39, 0.29) is 11.5 Å². The van der Waals surface area contributed by atoms with Crippen LogP contribution in [0.15, 0.2) is 48.5 Å². The Labute approximate surface area is 124 Å². The van der Waals surface area contributed by atoms with Crippen molar-refractivity contribution >= 4 is 53.9 Å². The SMILES string of the molecule is [O]c1c([O-])c2ccc3ccc4ccc5ccc1c1c5c4c3c21. The van der Waals surface area contributed by atoms with Crippen molar-refractivity contribution in [2.24, 2.45) is 0 Å². The molecule has 101 valence electrons. The van der Waals surface area contributed by atoms with Gasteiger partial charge in [-0.1, -0.05) is 48.2 Å². The minimum atomic E-state index is -0.381. The lowest BCUT2D eigenvalue weighted by molar-refractivity contribution is -0.268. The molecule has 0 N–H and O–H groups in total. The van der Waals surface area contributed by atoms with Crippen LogP contribution in [0.25, 0.3) is 53.9 Å². The van der Waals surface area contributed by atoms with Crippen LogP contribution in [-0.4, -0.2) is 0 Å². The Morgan fingerprint density at radius 1 is 0.545 bits per heavy atom. The Hall–Kier alpha value is -3.00. The molecule has 0 spiro atoms. The molecule has 0 atom stereocenters. The van der Waals surface area contributed by atoms with E-state index in [0.29, 0.717) is 10.8 Å². The van der Waals surface area contributed by atoms with Crippen molar-refractivity contribution in [1.29, 1.82) is 0 Å². The van der Waals surface area contributed by atoms with Crippen LogP contribution < -0.4 is 5.11 Å². The summed E-state index contributed by atoms with van der Waals surface area (Å²) >= 11 is 0. The van der Waals surface area contributed by atoms with Gasteiger partial charge in [-0.15, -0.1) is 0 Å². The first-order valence-corrected chi connectivity index (χ1v) is 7.30. The van der Waals surface area contributed by atoms with Gasteiger partial charge in [-0.2, -0.15) is 0 Å². The standard InChI is InChI=1S/C20H9O2/c21-19-12-7-5-10-3-1-9-2-4-11-6-8-13(20(19)22)18-16(11)14(9)15(10)17(12)18/h1-8,21H/p-1. The average molecular weight is 280 g/mol. The van der Waals surface area contributed by atoms with E-state index < -0.39 is 0 Å². The lowest BCUT2D eigenvalue weighted by atomic mass is 9.98. The molecule has 0 aromatic heterocycles. The molecule has 2 nitrogen and oxygen atoms in total. The first kappa shape index (κ1) is 10.7. The summed E-state index contributed by atoms with van der Waals surface area (Å²) < 4.78 is 0. The van der Waals surface area contributed by atoms with Gasteiger partial charge in [0.25, 0.3) is 0 Å². The quantitative estimate of drug-likeness (QED) is 0.362. The van der Waals surface area contributed by atoms with Gasteiger partial charge in [0.15, 0.2) is 5.75 Å². The maximum atomic E-state index is 12.5. The van der Waals surface area contributed by atoms with Crippen LogP contribution in [0.4, 0.5) is 0 Å².